The number of thioether (sulfide) groups is 1. The number of hydrogen-bond acceptors (Lipinski definition) is 12. The van der Waals surface area contributed by atoms with E-state index in [0.717, 1.165) is 41.5 Å². The summed E-state index contributed by atoms with van der Waals surface area (Å²) in [5.41, 5.74) is 9.75. The van der Waals surface area contributed by atoms with Gasteiger partial charge in [0, 0.05) is 72.2 Å². The lowest BCUT2D eigenvalue weighted by Gasteiger charge is -2.25. The lowest BCUT2D eigenvalue weighted by molar-refractivity contribution is -0.136. The van der Waals surface area contributed by atoms with Gasteiger partial charge in [-0.1, -0.05) is 55.0 Å². The van der Waals surface area contributed by atoms with E-state index in [2.05, 4.69) is 57.5 Å². The summed E-state index contributed by atoms with van der Waals surface area (Å²) in [5, 5.41) is 32.0. The highest BCUT2D eigenvalue weighted by atomic mass is 32.2. The van der Waals surface area contributed by atoms with Crippen molar-refractivity contribution in [1.82, 2.24) is 63.0 Å². The fraction of sp³-hybridized carbons (Fsp3) is 0.458. The summed E-state index contributed by atoms with van der Waals surface area (Å²) in [6.07, 6.45) is 8.15. The summed E-state index contributed by atoms with van der Waals surface area (Å²) in [7, 11) is 0. The molecule has 23 nitrogen and oxygen atoms in total. The molecule has 386 valence electrons. The average molecular weight is 1010 g/mol. The van der Waals surface area contributed by atoms with Gasteiger partial charge in [0.25, 0.3) is 0 Å². The minimum atomic E-state index is -1.31. The number of H-pyrrole nitrogens is 2. The van der Waals surface area contributed by atoms with E-state index < -0.39 is 84.9 Å². The van der Waals surface area contributed by atoms with E-state index in [1.54, 1.807) is 42.0 Å². The number of urea groups is 1. The monoisotopic (exact) mass is 1010 g/mol. The minimum absolute atomic E-state index is 0.0334. The first kappa shape index (κ1) is 53.9. The largest absolute Gasteiger partial charge is 0.368 e. The van der Waals surface area contributed by atoms with E-state index >= 15 is 0 Å². The molecule has 72 heavy (non-hydrogen) atoms. The van der Waals surface area contributed by atoms with Crippen LogP contribution in [0.3, 0.4) is 0 Å². The molecule has 4 aromatic rings. The van der Waals surface area contributed by atoms with Crippen molar-refractivity contribution in [1.29, 1.82) is 0 Å². The molecule has 6 rings (SSSR count). The van der Waals surface area contributed by atoms with Crippen LogP contribution < -0.4 is 53.7 Å². The Morgan fingerprint density at radius 3 is 2.25 bits per heavy atom. The average Bonchev–Trinajstić information content (AvgIpc) is 4.19. The van der Waals surface area contributed by atoms with Crippen LogP contribution in [-0.2, 0) is 57.6 Å². The number of unbranched alkanes of at least 4 members (excludes halogenated alkanes) is 2. The molecule has 2 aromatic carbocycles. The second-order valence-electron chi connectivity index (χ2n) is 17.8. The first-order valence-electron chi connectivity index (χ1n) is 23.9. The minimum Gasteiger partial charge on any atom is -0.368 e. The van der Waals surface area contributed by atoms with Crippen LogP contribution in [0.2, 0.25) is 0 Å². The Labute approximate surface area is 419 Å². The molecule has 7 atom stereocenters. The van der Waals surface area contributed by atoms with Crippen molar-refractivity contribution < 1.29 is 48.4 Å². The number of carbonyl (C=O) groups excluding carboxylic acids is 9. The van der Waals surface area contributed by atoms with E-state index in [1.807, 2.05) is 36.0 Å². The van der Waals surface area contributed by atoms with Crippen molar-refractivity contribution in [2.75, 3.05) is 25.4 Å². The van der Waals surface area contributed by atoms with Gasteiger partial charge in [0.05, 0.1) is 37.4 Å². The number of hydrogen-bond donors (Lipinski definition) is 13. The molecule has 0 bridgehead atoms. The molecule has 0 saturated carbocycles. The normalized spacial score (nSPS) is 17.5. The Kier molecular flexibility index (Phi) is 20.4. The Balaban J connectivity index is 0.964. The summed E-state index contributed by atoms with van der Waals surface area (Å²) in [4.78, 5) is 126. The fourth-order valence-corrected chi connectivity index (χ4v) is 10.2. The van der Waals surface area contributed by atoms with Gasteiger partial charge in [0.2, 0.25) is 47.3 Å². The summed E-state index contributed by atoms with van der Waals surface area (Å²) in [6, 6.07) is 12.8. The number of aromatic nitrogens is 3. The third-order valence-electron chi connectivity index (χ3n) is 12.5. The van der Waals surface area contributed by atoms with E-state index in [0.29, 0.717) is 42.3 Å². The molecule has 14 N–H and O–H groups in total. The van der Waals surface area contributed by atoms with Gasteiger partial charge in [-0.15, -0.1) is 0 Å². The molecule has 10 amide bonds. The summed E-state index contributed by atoms with van der Waals surface area (Å²) < 4.78 is 0. The number of carbonyl (C=O) groups is 9. The number of aromatic amines is 2. The van der Waals surface area contributed by atoms with E-state index in [-0.39, 0.29) is 49.7 Å². The molecule has 0 radical (unpaired) electrons. The SMILES string of the molecule is NC(=O)[C@H](CCCCNC(=O)CCCC[C@@H]1SC[C@@H]2NC(=O)N[C@@H]21)NC(=O)CNC(=O)CNC(=O)[C@H](Cc1cnc[nH]1)NC(=O)[C@H](Cc1c[nH]c2ccccc12)NC(=O)C(CC(=O)NO)Cc1ccccc1. The second kappa shape index (κ2) is 27.2. The summed E-state index contributed by atoms with van der Waals surface area (Å²) >= 11 is 1.83. The number of rotatable bonds is 29. The van der Waals surface area contributed by atoms with Gasteiger partial charge in [-0.3, -0.25) is 43.6 Å². The van der Waals surface area contributed by atoms with Gasteiger partial charge in [-0.05, 0) is 55.7 Å². The Morgan fingerprint density at radius 1 is 0.736 bits per heavy atom. The first-order valence-corrected chi connectivity index (χ1v) is 25.0. The van der Waals surface area contributed by atoms with Crippen LogP contribution in [-0.4, -0.2) is 134 Å². The second-order valence-corrected chi connectivity index (χ2v) is 19.1. The molecule has 24 heteroatoms. The summed E-state index contributed by atoms with van der Waals surface area (Å²) in [5.74, 6) is -5.45. The van der Waals surface area contributed by atoms with Crippen molar-refractivity contribution in [3.05, 3.63) is 90.1 Å². The third kappa shape index (κ3) is 16.6. The molecule has 2 aromatic heterocycles. The van der Waals surface area contributed by atoms with E-state index in [9.17, 15) is 48.4 Å². The standard InChI is InChI=1S/C48H63N13O10S/c49-44(66)34(14-8-9-17-51-39(62)16-7-6-15-38-43-37(26-72-38)59-48(70)60-43)56-42(65)25-53-41(64)24-54-46(68)36(21-31-23-50-27-55-31)58-47(69)35(19-30-22-52-33-13-5-4-12-32(30)33)57-45(67)29(20-40(63)61-71)18-28-10-2-1-3-11-28/h1-5,10-13,22-23,27,29,34-38,43,52,71H,6-9,14-21,24-26H2,(H2,49,66)(H,50,55)(H,51,62)(H,53,64)(H,54,68)(H,56,65)(H,57,67)(H,58,69)(H,61,63)(H2,59,60,70)/t29?,34-,35-,36-,37-,38-,43-/m0/s1. The highest BCUT2D eigenvalue weighted by molar-refractivity contribution is 8.00. The highest BCUT2D eigenvalue weighted by Crippen LogP contribution is 2.33. The Morgan fingerprint density at radius 2 is 1.49 bits per heavy atom. The third-order valence-corrected chi connectivity index (χ3v) is 14.0. The first-order chi connectivity index (χ1) is 34.8. The predicted octanol–water partition coefficient (Wildman–Crippen LogP) is -0.385. The van der Waals surface area contributed by atoms with Crippen LogP contribution in [0.15, 0.2) is 73.3 Å². The number of benzene rings is 2. The Hall–Kier alpha value is -7.47. The molecule has 0 spiro atoms. The molecule has 2 aliphatic heterocycles. The number of imidazole rings is 1. The van der Waals surface area contributed by atoms with Gasteiger partial charge in [0.15, 0.2) is 0 Å². The van der Waals surface area contributed by atoms with Gasteiger partial charge < -0.3 is 58.2 Å². The fourth-order valence-electron chi connectivity index (χ4n) is 8.67. The van der Waals surface area contributed by atoms with Crippen molar-refractivity contribution in [3.8, 4) is 0 Å². The number of nitrogens with one attached hydrogen (secondary N) is 11. The van der Waals surface area contributed by atoms with Crippen LogP contribution in [0.1, 0.15) is 68.2 Å². The van der Waals surface area contributed by atoms with E-state index in [1.165, 1.54) is 12.5 Å². The predicted molar refractivity (Wildman–Crippen MR) is 264 cm³/mol. The number of primary amides is 1. The van der Waals surface area contributed by atoms with Gasteiger partial charge in [-0.2, -0.15) is 11.8 Å². The molecule has 2 fully saturated rings. The zero-order valence-corrected chi connectivity index (χ0v) is 40.4. The number of nitrogens with zero attached hydrogens (tertiary/aromatic N) is 1. The van der Waals surface area contributed by atoms with Gasteiger partial charge in [-0.25, -0.2) is 15.3 Å². The molecule has 2 saturated heterocycles. The van der Waals surface area contributed by atoms with Crippen LogP contribution in [0, 0.1) is 5.92 Å². The van der Waals surface area contributed by atoms with Crippen LogP contribution in [0.4, 0.5) is 4.79 Å². The number of para-hydroxylation sites is 1. The molecule has 2 aliphatic rings. The quantitative estimate of drug-likeness (QED) is 0.0143. The smallest absolute Gasteiger partial charge is 0.315 e. The van der Waals surface area contributed by atoms with Crippen LogP contribution in [0.5, 0.6) is 0 Å². The molecular weight excluding hydrogens is 951 g/mol. The summed E-state index contributed by atoms with van der Waals surface area (Å²) in [6.45, 7) is -0.777. The number of amides is 10. The van der Waals surface area contributed by atoms with Gasteiger partial charge in [0.1, 0.15) is 18.1 Å². The van der Waals surface area contributed by atoms with Crippen LogP contribution in [0.25, 0.3) is 10.9 Å². The number of nitrogens with two attached hydrogens (primary N) is 1. The maximum atomic E-state index is 14.3. The van der Waals surface area contributed by atoms with Gasteiger partial charge >= 0.3 is 6.03 Å². The van der Waals surface area contributed by atoms with Crippen molar-refractivity contribution >= 4 is 76.0 Å². The maximum Gasteiger partial charge on any atom is 0.315 e. The Bertz CT molecular complexity index is 2510. The molecular formula is C48H63N13O10S. The zero-order valence-electron chi connectivity index (χ0n) is 39.6. The maximum absolute atomic E-state index is 14.3. The lowest BCUT2D eigenvalue weighted by Crippen LogP contribution is -2.56. The van der Waals surface area contributed by atoms with E-state index in [4.69, 9.17) is 5.73 Å². The number of fused-ring (bicyclic) bond motifs is 2. The van der Waals surface area contributed by atoms with Crippen molar-refractivity contribution in [2.45, 2.75) is 106 Å². The molecule has 0 aliphatic carbocycles. The lowest BCUT2D eigenvalue weighted by atomic mass is 9.94. The van der Waals surface area contributed by atoms with Crippen LogP contribution >= 0.6 is 11.8 Å². The van der Waals surface area contributed by atoms with Crippen molar-refractivity contribution in [2.24, 2.45) is 11.7 Å². The van der Waals surface area contributed by atoms with Crippen molar-refractivity contribution in [3.63, 3.8) is 0 Å². The molecule has 1 unspecified atom stereocenters. The number of hydroxylamine groups is 1. The molecule has 4 heterocycles. The topological polar surface area (TPSA) is 353 Å². The zero-order chi connectivity index (χ0) is 51.4. The highest BCUT2D eigenvalue weighted by Gasteiger charge is 2.42.